The fraction of sp³-hybridized carbons (Fsp3) is 0.857. The van der Waals surface area contributed by atoms with E-state index in [1.165, 1.54) is 0 Å². The zero-order chi connectivity index (χ0) is 8.20. The van der Waals surface area contributed by atoms with Crippen LogP contribution in [0, 0.1) is 0 Å². The van der Waals surface area contributed by atoms with Crippen molar-refractivity contribution in [3.05, 3.63) is 0 Å². The highest BCUT2D eigenvalue weighted by atomic mass is 16.5. The Balaban J connectivity index is 3.56. The van der Waals surface area contributed by atoms with Crippen LogP contribution in [0.25, 0.3) is 0 Å². The Hall–Kier alpha value is -0.570. The van der Waals surface area contributed by atoms with Crippen LogP contribution in [-0.2, 0) is 9.53 Å². The average molecular weight is 145 g/mol. The minimum absolute atomic E-state index is 0.0115. The fourth-order valence-electron chi connectivity index (χ4n) is 0.727. The van der Waals surface area contributed by atoms with Crippen LogP contribution >= 0.6 is 0 Å². The number of rotatable bonds is 3. The molecule has 0 aliphatic heterocycles. The molecule has 0 aromatic carbocycles. The minimum atomic E-state index is -0.211. The molecule has 0 heterocycles. The highest BCUT2D eigenvalue weighted by Gasteiger charge is 2.12. The summed E-state index contributed by atoms with van der Waals surface area (Å²) in [4.78, 5) is 9.84. The molecule has 0 saturated heterocycles. The number of carbonyl (C=O) groups is 1. The van der Waals surface area contributed by atoms with E-state index in [-0.39, 0.29) is 11.8 Å². The molecule has 0 rings (SSSR count). The molecule has 3 nitrogen and oxygen atoms in total. The third kappa shape index (κ3) is 5.56. The first-order chi connectivity index (χ1) is 4.45. The molecule has 0 bridgehead atoms. The Labute approximate surface area is 61.8 Å². The topological polar surface area (TPSA) is 38.3 Å². The van der Waals surface area contributed by atoms with Crippen LogP contribution in [0.2, 0.25) is 0 Å². The fourth-order valence-corrected chi connectivity index (χ4v) is 0.727. The van der Waals surface area contributed by atoms with Gasteiger partial charge in [-0.15, -0.1) is 0 Å². The molecule has 0 aromatic heterocycles. The van der Waals surface area contributed by atoms with Crippen LogP contribution in [0.4, 0.5) is 0 Å². The van der Waals surface area contributed by atoms with E-state index in [9.17, 15) is 4.79 Å². The molecule has 0 amide bonds. The maximum Gasteiger partial charge on any atom is 0.294 e. The monoisotopic (exact) mass is 145 g/mol. The van der Waals surface area contributed by atoms with E-state index in [0.29, 0.717) is 6.47 Å². The van der Waals surface area contributed by atoms with Gasteiger partial charge in [-0.3, -0.25) is 10.1 Å². The van der Waals surface area contributed by atoms with Crippen molar-refractivity contribution in [1.29, 1.82) is 0 Å². The van der Waals surface area contributed by atoms with E-state index in [1.807, 2.05) is 20.8 Å². The van der Waals surface area contributed by atoms with Gasteiger partial charge in [-0.2, -0.15) is 0 Å². The summed E-state index contributed by atoms with van der Waals surface area (Å²) < 4.78 is 4.63. The Morgan fingerprint density at radius 3 is 2.30 bits per heavy atom. The van der Waals surface area contributed by atoms with E-state index in [2.05, 4.69) is 10.1 Å². The molecular weight excluding hydrogens is 130 g/mol. The normalized spacial score (nSPS) is 14.4. The summed E-state index contributed by atoms with van der Waals surface area (Å²) in [7, 11) is 0. The second-order valence-electron chi connectivity index (χ2n) is 3.27. The Kier molecular flexibility index (Phi) is 3.36. The van der Waals surface area contributed by atoms with Crippen LogP contribution in [0.5, 0.6) is 0 Å². The van der Waals surface area contributed by atoms with Gasteiger partial charge in [0.25, 0.3) is 6.47 Å². The van der Waals surface area contributed by atoms with Crippen LogP contribution in [0.15, 0.2) is 0 Å². The molecule has 0 aromatic rings. The smallest absolute Gasteiger partial charge is 0.294 e. The van der Waals surface area contributed by atoms with Crippen molar-refractivity contribution in [3.8, 4) is 0 Å². The van der Waals surface area contributed by atoms with Crippen molar-refractivity contribution in [2.75, 3.05) is 0 Å². The predicted octanol–water partition coefficient (Wildman–Crippen LogP) is 0.893. The molecular formula is C7H15NO2. The summed E-state index contributed by atoms with van der Waals surface area (Å²) in [5, 5.41) is 3.07. The summed E-state index contributed by atoms with van der Waals surface area (Å²) in [5.41, 5.74) is -0.0115. The molecule has 0 saturated carbocycles. The lowest BCUT2D eigenvalue weighted by molar-refractivity contribution is -0.134. The summed E-state index contributed by atoms with van der Waals surface area (Å²) in [6.45, 7) is 8.27. The Morgan fingerprint density at radius 2 is 2.00 bits per heavy atom. The zero-order valence-electron chi connectivity index (χ0n) is 6.97. The first-order valence-corrected chi connectivity index (χ1v) is 3.32. The van der Waals surface area contributed by atoms with Crippen LogP contribution in [0.3, 0.4) is 0 Å². The van der Waals surface area contributed by atoms with E-state index in [4.69, 9.17) is 0 Å². The van der Waals surface area contributed by atoms with E-state index >= 15 is 0 Å². The predicted molar refractivity (Wildman–Crippen MR) is 39.5 cm³/mol. The van der Waals surface area contributed by atoms with Crippen molar-refractivity contribution >= 4 is 6.47 Å². The second-order valence-corrected chi connectivity index (χ2v) is 3.27. The van der Waals surface area contributed by atoms with Crippen LogP contribution in [-0.4, -0.2) is 18.2 Å². The molecule has 1 unspecified atom stereocenters. The second kappa shape index (κ2) is 3.56. The Bertz CT molecular complexity index is 107. The van der Waals surface area contributed by atoms with Crippen molar-refractivity contribution < 1.29 is 9.53 Å². The summed E-state index contributed by atoms with van der Waals surface area (Å²) in [6.07, 6.45) is -0.211. The maximum atomic E-state index is 9.84. The van der Waals surface area contributed by atoms with E-state index < -0.39 is 0 Å². The molecule has 3 heteroatoms. The highest BCUT2D eigenvalue weighted by molar-refractivity contribution is 5.37. The standard InChI is InChI=1S/C7H15NO2/c1-6(10-5-9)8-7(2,3)4/h5-6,8H,1-4H3. The molecule has 0 fully saturated rings. The lowest BCUT2D eigenvalue weighted by Gasteiger charge is -2.24. The van der Waals surface area contributed by atoms with E-state index in [0.717, 1.165) is 0 Å². The van der Waals surface area contributed by atoms with Gasteiger partial charge in [0.2, 0.25) is 0 Å². The lowest BCUT2D eigenvalue weighted by atomic mass is 10.1. The molecule has 60 valence electrons. The van der Waals surface area contributed by atoms with Crippen LogP contribution < -0.4 is 5.32 Å². The molecule has 0 spiro atoms. The van der Waals surface area contributed by atoms with Gasteiger partial charge in [0.15, 0.2) is 6.23 Å². The average Bonchev–Trinajstić information content (AvgIpc) is 1.59. The molecule has 0 radical (unpaired) electrons. The molecule has 1 atom stereocenters. The third-order valence-electron chi connectivity index (χ3n) is 0.896. The zero-order valence-corrected chi connectivity index (χ0v) is 6.97. The SMILES string of the molecule is CC(NC(C)(C)C)OC=O. The maximum absolute atomic E-state index is 9.84. The number of carbonyl (C=O) groups excluding carboxylic acids is 1. The van der Waals surface area contributed by atoms with Gasteiger partial charge < -0.3 is 4.74 Å². The third-order valence-corrected chi connectivity index (χ3v) is 0.896. The highest BCUT2D eigenvalue weighted by Crippen LogP contribution is 2.00. The van der Waals surface area contributed by atoms with Crippen molar-refractivity contribution in [2.45, 2.75) is 39.5 Å². The van der Waals surface area contributed by atoms with E-state index in [1.54, 1.807) is 6.92 Å². The Morgan fingerprint density at radius 1 is 1.50 bits per heavy atom. The van der Waals surface area contributed by atoms with Gasteiger partial charge in [0, 0.05) is 5.54 Å². The van der Waals surface area contributed by atoms with Gasteiger partial charge in [0.1, 0.15) is 0 Å². The van der Waals surface area contributed by atoms with Gasteiger partial charge in [-0.1, -0.05) is 0 Å². The van der Waals surface area contributed by atoms with Gasteiger partial charge in [0.05, 0.1) is 0 Å². The first kappa shape index (κ1) is 9.43. The van der Waals surface area contributed by atoms with Gasteiger partial charge >= 0.3 is 0 Å². The summed E-state index contributed by atoms with van der Waals surface area (Å²) in [6, 6.07) is 0. The van der Waals surface area contributed by atoms with Gasteiger partial charge in [-0.25, -0.2) is 0 Å². The molecule has 10 heavy (non-hydrogen) atoms. The molecule has 1 N–H and O–H groups in total. The van der Waals surface area contributed by atoms with Crippen LogP contribution in [0.1, 0.15) is 27.7 Å². The van der Waals surface area contributed by atoms with Crippen molar-refractivity contribution in [2.24, 2.45) is 0 Å². The van der Waals surface area contributed by atoms with Crippen molar-refractivity contribution in [3.63, 3.8) is 0 Å². The summed E-state index contributed by atoms with van der Waals surface area (Å²) in [5.74, 6) is 0. The number of hydrogen-bond donors (Lipinski definition) is 1. The minimum Gasteiger partial charge on any atom is -0.449 e. The number of ether oxygens (including phenoxy) is 1. The first-order valence-electron chi connectivity index (χ1n) is 3.32. The molecule has 0 aliphatic carbocycles. The molecule has 0 aliphatic rings. The summed E-state index contributed by atoms with van der Waals surface area (Å²) >= 11 is 0. The number of hydrogen-bond acceptors (Lipinski definition) is 3. The largest absolute Gasteiger partial charge is 0.449 e. The lowest BCUT2D eigenvalue weighted by Crippen LogP contribution is -2.43. The van der Waals surface area contributed by atoms with Gasteiger partial charge in [-0.05, 0) is 27.7 Å². The van der Waals surface area contributed by atoms with Crippen molar-refractivity contribution in [1.82, 2.24) is 5.32 Å². The number of nitrogens with one attached hydrogen (secondary N) is 1. The quantitative estimate of drug-likeness (QED) is 0.473.